The second-order valence-electron chi connectivity index (χ2n) is 5.27. The third kappa shape index (κ3) is 2.69. The Morgan fingerprint density at radius 1 is 1.19 bits per heavy atom. The number of aryl methyl sites for hydroxylation is 1. The zero-order chi connectivity index (χ0) is 14.7. The highest BCUT2D eigenvalue weighted by Crippen LogP contribution is 2.30. The highest BCUT2D eigenvalue weighted by Gasteiger charge is 2.20. The van der Waals surface area contributed by atoms with E-state index in [0.29, 0.717) is 0 Å². The summed E-state index contributed by atoms with van der Waals surface area (Å²) in [6.45, 7) is 5.20. The summed E-state index contributed by atoms with van der Waals surface area (Å²) in [6, 6.07) is 12.4. The molecule has 3 rings (SSSR count). The average Bonchev–Trinajstić information content (AvgIpc) is 2.94. The minimum absolute atomic E-state index is 0.0628. The molecule has 3 nitrogen and oxygen atoms in total. The van der Waals surface area contributed by atoms with Gasteiger partial charge in [0.25, 0.3) is 0 Å². The molecule has 1 atom stereocenters. The summed E-state index contributed by atoms with van der Waals surface area (Å²) in [5.74, 6) is 0.986. The third-order valence-electron chi connectivity index (χ3n) is 3.75. The van der Waals surface area contributed by atoms with Gasteiger partial charge in [0.05, 0.1) is 17.8 Å². The van der Waals surface area contributed by atoms with Gasteiger partial charge in [-0.3, -0.25) is 4.98 Å². The highest BCUT2D eigenvalue weighted by molar-refractivity contribution is 5.82. The summed E-state index contributed by atoms with van der Waals surface area (Å²) >= 11 is 0. The molecule has 0 aliphatic heterocycles. The SMILES string of the molecule is CCCNC(c1occc1C)c1cccc2ncccc12. The van der Waals surface area contributed by atoms with Crippen molar-refractivity contribution < 1.29 is 4.42 Å². The summed E-state index contributed by atoms with van der Waals surface area (Å²) in [4.78, 5) is 4.45. The number of aromatic nitrogens is 1. The molecule has 0 aliphatic carbocycles. The number of hydrogen-bond acceptors (Lipinski definition) is 3. The van der Waals surface area contributed by atoms with Crippen molar-refractivity contribution in [1.82, 2.24) is 10.3 Å². The molecule has 0 bridgehead atoms. The number of rotatable bonds is 5. The van der Waals surface area contributed by atoms with Crippen LogP contribution in [0, 0.1) is 6.92 Å². The molecule has 0 fully saturated rings. The first kappa shape index (κ1) is 13.8. The van der Waals surface area contributed by atoms with E-state index in [4.69, 9.17) is 4.42 Å². The van der Waals surface area contributed by atoms with Crippen molar-refractivity contribution >= 4 is 10.9 Å². The Morgan fingerprint density at radius 2 is 2.10 bits per heavy atom. The molecule has 0 saturated carbocycles. The molecule has 1 aromatic carbocycles. The van der Waals surface area contributed by atoms with Crippen LogP contribution in [0.25, 0.3) is 10.9 Å². The zero-order valence-electron chi connectivity index (χ0n) is 12.5. The lowest BCUT2D eigenvalue weighted by atomic mass is 9.97. The predicted octanol–water partition coefficient (Wildman–Crippen LogP) is 4.23. The largest absolute Gasteiger partial charge is 0.467 e. The van der Waals surface area contributed by atoms with Crippen molar-refractivity contribution in [3.8, 4) is 0 Å². The summed E-state index contributed by atoms with van der Waals surface area (Å²) in [5, 5.41) is 4.77. The van der Waals surface area contributed by atoms with E-state index in [1.807, 2.05) is 24.4 Å². The Labute approximate surface area is 125 Å². The topological polar surface area (TPSA) is 38.1 Å². The van der Waals surface area contributed by atoms with Crippen LogP contribution in [-0.2, 0) is 0 Å². The van der Waals surface area contributed by atoms with Crippen LogP contribution >= 0.6 is 0 Å². The van der Waals surface area contributed by atoms with E-state index in [2.05, 4.69) is 42.3 Å². The van der Waals surface area contributed by atoms with Crippen molar-refractivity contribution in [2.45, 2.75) is 26.3 Å². The molecule has 0 aliphatic rings. The molecule has 108 valence electrons. The maximum absolute atomic E-state index is 5.74. The molecule has 0 spiro atoms. The van der Waals surface area contributed by atoms with Gasteiger partial charge < -0.3 is 9.73 Å². The lowest BCUT2D eigenvalue weighted by Gasteiger charge is -2.19. The first-order valence-corrected chi connectivity index (χ1v) is 7.42. The van der Waals surface area contributed by atoms with Crippen LogP contribution in [0.3, 0.4) is 0 Å². The van der Waals surface area contributed by atoms with Crippen LogP contribution < -0.4 is 5.32 Å². The standard InChI is InChI=1S/C18H20N2O/c1-3-10-20-17(18-13(2)9-12-21-18)15-6-4-8-16-14(15)7-5-11-19-16/h4-9,11-12,17,20H,3,10H2,1-2H3. The van der Waals surface area contributed by atoms with Gasteiger partial charge in [0.15, 0.2) is 0 Å². The highest BCUT2D eigenvalue weighted by atomic mass is 16.3. The van der Waals surface area contributed by atoms with Gasteiger partial charge >= 0.3 is 0 Å². The lowest BCUT2D eigenvalue weighted by molar-refractivity contribution is 0.445. The molecule has 21 heavy (non-hydrogen) atoms. The molecular formula is C18H20N2O. The summed E-state index contributed by atoms with van der Waals surface area (Å²) in [6.07, 6.45) is 4.67. The van der Waals surface area contributed by atoms with E-state index in [9.17, 15) is 0 Å². The first-order valence-electron chi connectivity index (χ1n) is 7.42. The van der Waals surface area contributed by atoms with Gasteiger partial charge in [-0.2, -0.15) is 0 Å². The van der Waals surface area contributed by atoms with Crippen molar-refractivity contribution in [2.75, 3.05) is 6.54 Å². The van der Waals surface area contributed by atoms with Crippen molar-refractivity contribution in [3.63, 3.8) is 0 Å². The summed E-state index contributed by atoms with van der Waals surface area (Å²) in [7, 11) is 0. The molecule has 0 radical (unpaired) electrons. The number of hydrogen-bond donors (Lipinski definition) is 1. The quantitative estimate of drug-likeness (QED) is 0.760. The van der Waals surface area contributed by atoms with Gasteiger partial charge in [-0.1, -0.05) is 25.1 Å². The fourth-order valence-corrected chi connectivity index (χ4v) is 2.69. The Balaban J connectivity index is 2.12. The number of furan rings is 1. The maximum atomic E-state index is 5.74. The van der Waals surface area contributed by atoms with Crippen molar-refractivity contribution in [3.05, 3.63) is 65.7 Å². The number of fused-ring (bicyclic) bond motifs is 1. The van der Waals surface area contributed by atoms with Crippen LogP contribution in [0.4, 0.5) is 0 Å². The van der Waals surface area contributed by atoms with E-state index in [-0.39, 0.29) is 6.04 Å². The van der Waals surface area contributed by atoms with Crippen LogP contribution in [0.1, 0.15) is 36.3 Å². The molecule has 1 N–H and O–H groups in total. The van der Waals surface area contributed by atoms with E-state index in [0.717, 1.165) is 24.2 Å². The van der Waals surface area contributed by atoms with Gasteiger partial charge in [-0.25, -0.2) is 0 Å². The average molecular weight is 280 g/mol. The van der Waals surface area contributed by atoms with E-state index in [1.165, 1.54) is 16.5 Å². The Morgan fingerprint density at radius 3 is 2.86 bits per heavy atom. The Bertz CT molecular complexity index is 727. The number of benzene rings is 1. The molecule has 0 amide bonds. The molecule has 3 heteroatoms. The van der Waals surface area contributed by atoms with E-state index < -0.39 is 0 Å². The molecule has 0 saturated heterocycles. The number of pyridine rings is 1. The number of nitrogens with one attached hydrogen (secondary N) is 1. The third-order valence-corrected chi connectivity index (χ3v) is 3.75. The molecule has 3 aromatic rings. The monoisotopic (exact) mass is 280 g/mol. The minimum atomic E-state index is 0.0628. The normalized spacial score (nSPS) is 12.7. The van der Waals surface area contributed by atoms with Gasteiger partial charge in [-0.05, 0) is 49.2 Å². The summed E-state index contributed by atoms with van der Waals surface area (Å²) in [5.41, 5.74) is 3.40. The van der Waals surface area contributed by atoms with Gasteiger partial charge in [0.2, 0.25) is 0 Å². The van der Waals surface area contributed by atoms with Crippen LogP contribution in [0.5, 0.6) is 0 Å². The first-order chi connectivity index (χ1) is 10.3. The Kier molecular flexibility index (Phi) is 4.02. The smallest absolute Gasteiger partial charge is 0.128 e. The van der Waals surface area contributed by atoms with Gasteiger partial charge in [0.1, 0.15) is 5.76 Å². The second kappa shape index (κ2) is 6.10. The predicted molar refractivity (Wildman–Crippen MR) is 85.3 cm³/mol. The van der Waals surface area contributed by atoms with Crippen LogP contribution in [0.15, 0.2) is 53.3 Å². The van der Waals surface area contributed by atoms with E-state index >= 15 is 0 Å². The van der Waals surface area contributed by atoms with Gasteiger partial charge in [-0.15, -0.1) is 0 Å². The fourth-order valence-electron chi connectivity index (χ4n) is 2.69. The molecule has 2 heterocycles. The minimum Gasteiger partial charge on any atom is -0.467 e. The van der Waals surface area contributed by atoms with Gasteiger partial charge in [0, 0.05) is 11.6 Å². The zero-order valence-corrected chi connectivity index (χ0v) is 12.5. The second-order valence-corrected chi connectivity index (χ2v) is 5.27. The maximum Gasteiger partial charge on any atom is 0.128 e. The molecular weight excluding hydrogens is 260 g/mol. The van der Waals surface area contributed by atoms with E-state index in [1.54, 1.807) is 6.26 Å². The summed E-state index contributed by atoms with van der Waals surface area (Å²) < 4.78 is 5.74. The number of nitrogens with zero attached hydrogens (tertiary/aromatic N) is 1. The van der Waals surface area contributed by atoms with Crippen LogP contribution in [-0.4, -0.2) is 11.5 Å². The van der Waals surface area contributed by atoms with Crippen molar-refractivity contribution in [2.24, 2.45) is 0 Å². The van der Waals surface area contributed by atoms with Crippen molar-refractivity contribution in [1.29, 1.82) is 0 Å². The Hall–Kier alpha value is -2.13. The lowest BCUT2D eigenvalue weighted by Crippen LogP contribution is -2.23. The molecule has 2 aromatic heterocycles. The fraction of sp³-hybridized carbons (Fsp3) is 0.278. The van der Waals surface area contributed by atoms with Crippen LogP contribution in [0.2, 0.25) is 0 Å². The molecule has 1 unspecified atom stereocenters.